The lowest BCUT2D eigenvalue weighted by Gasteiger charge is -2.09. The molecule has 0 unspecified atom stereocenters. The molecule has 0 aliphatic heterocycles. The van der Waals surface area contributed by atoms with Gasteiger partial charge in [0.05, 0.1) is 6.61 Å². The first kappa shape index (κ1) is 14.3. The summed E-state index contributed by atoms with van der Waals surface area (Å²) in [5, 5.41) is 0. The van der Waals surface area contributed by atoms with Gasteiger partial charge in [0.1, 0.15) is 0 Å². The van der Waals surface area contributed by atoms with E-state index >= 15 is 0 Å². The fourth-order valence-corrected chi connectivity index (χ4v) is 1.92. The van der Waals surface area contributed by atoms with Crippen molar-refractivity contribution in [3.63, 3.8) is 0 Å². The van der Waals surface area contributed by atoms with Crippen LogP contribution in [0.4, 0.5) is 8.78 Å². The van der Waals surface area contributed by atoms with Crippen molar-refractivity contribution >= 4 is 11.8 Å². The predicted octanol–water partition coefficient (Wildman–Crippen LogP) is 4.65. The highest BCUT2D eigenvalue weighted by atomic mass is 32.2. The van der Waals surface area contributed by atoms with Gasteiger partial charge in [0.25, 0.3) is 0 Å². The Kier molecular flexibility index (Phi) is 6.34. The molecule has 1 aromatic rings. The molecule has 0 saturated carbocycles. The van der Waals surface area contributed by atoms with Crippen LogP contribution in [-0.2, 0) is 0 Å². The van der Waals surface area contributed by atoms with Crippen molar-refractivity contribution in [2.24, 2.45) is 0 Å². The lowest BCUT2D eigenvalue weighted by Crippen LogP contribution is -2.01. The van der Waals surface area contributed by atoms with Crippen molar-refractivity contribution in [3.05, 3.63) is 23.8 Å². The third kappa shape index (κ3) is 4.54. The third-order valence-corrected chi connectivity index (χ3v) is 3.17. The van der Waals surface area contributed by atoms with Crippen LogP contribution < -0.4 is 4.74 Å². The minimum Gasteiger partial charge on any atom is -0.490 e. The number of ether oxygens (including phenoxy) is 1. The summed E-state index contributed by atoms with van der Waals surface area (Å²) in [7, 11) is 0. The molecule has 1 rings (SSSR count). The highest BCUT2D eigenvalue weighted by molar-refractivity contribution is 7.98. The van der Waals surface area contributed by atoms with Crippen LogP contribution in [0.15, 0.2) is 17.0 Å². The van der Waals surface area contributed by atoms with Gasteiger partial charge in [0, 0.05) is 4.90 Å². The molecule has 4 heteroatoms. The third-order valence-electron chi connectivity index (χ3n) is 2.46. The summed E-state index contributed by atoms with van der Waals surface area (Å²) in [6.07, 6.45) is 6.04. The lowest BCUT2D eigenvalue weighted by molar-refractivity contribution is 0.284. The van der Waals surface area contributed by atoms with Crippen molar-refractivity contribution in [1.29, 1.82) is 0 Å². The minimum atomic E-state index is -0.890. The second-order valence-electron chi connectivity index (χ2n) is 3.83. The van der Waals surface area contributed by atoms with E-state index in [0.29, 0.717) is 11.5 Å². The summed E-state index contributed by atoms with van der Waals surface area (Å²) in [4.78, 5) is 0.674. The van der Waals surface area contributed by atoms with Crippen molar-refractivity contribution in [2.45, 2.75) is 37.5 Å². The van der Waals surface area contributed by atoms with E-state index in [9.17, 15) is 8.78 Å². The van der Waals surface area contributed by atoms with Crippen molar-refractivity contribution in [3.8, 4) is 5.75 Å². The van der Waals surface area contributed by atoms with E-state index < -0.39 is 11.6 Å². The molecule has 0 fully saturated rings. The largest absolute Gasteiger partial charge is 0.490 e. The summed E-state index contributed by atoms with van der Waals surface area (Å²) in [5.74, 6) is -1.72. The van der Waals surface area contributed by atoms with Gasteiger partial charge in [-0.2, -0.15) is 4.39 Å². The number of halogens is 2. The minimum absolute atomic E-state index is 0.0193. The Balaban J connectivity index is 2.54. The number of thioether (sulfide) groups is 1. The molecule has 0 N–H and O–H groups in total. The van der Waals surface area contributed by atoms with Crippen LogP contribution in [0.25, 0.3) is 0 Å². The van der Waals surface area contributed by atoms with E-state index in [4.69, 9.17) is 4.74 Å². The van der Waals surface area contributed by atoms with Crippen molar-refractivity contribution in [1.82, 2.24) is 0 Å². The van der Waals surface area contributed by atoms with Gasteiger partial charge in [-0.1, -0.05) is 26.2 Å². The van der Waals surface area contributed by atoms with Gasteiger partial charge < -0.3 is 4.74 Å². The summed E-state index contributed by atoms with van der Waals surface area (Å²) in [6.45, 7) is 2.56. The van der Waals surface area contributed by atoms with Crippen LogP contribution in [0, 0.1) is 11.6 Å². The Labute approximate surface area is 106 Å². The van der Waals surface area contributed by atoms with Gasteiger partial charge in [0.15, 0.2) is 11.6 Å². The molecule has 0 aliphatic carbocycles. The monoisotopic (exact) mass is 260 g/mol. The Morgan fingerprint density at radius 1 is 1.18 bits per heavy atom. The average Bonchev–Trinajstić information content (AvgIpc) is 2.33. The zero-order valence-electron chi connectivity index (χ0n) is 10.3. The first-order valence-electron chi connectivity index (χ1n) is 5.84. The van der Waals surface area contributed by atoms with Crippen LogP contribution >= 0.6 is 11.8 Å². The van der Waals surface area contributed by atoms with E-state index in [2.05, 4.69) is 6.92 Å². The van der Waals surface area contributed by atoms with Gasteiger partial charge in [-0.3, -0.25) is 0 Å². The van der Waals surface area contributed by atoms with Gasteiger partial charge in [-0.25, -0.2) is 4.39 Å². The van der Waals surface area contributed by atoms with Gasteiger partial charge in [-0.15, -0.1) is 11.8 Å². The first-order valence-corrected chi connectivity index (χ1v) is 7.07. The fourth-order valence-electron chi connectivity index (χ4n) is 1.47. The zero-order valence-corrected chi connectivity index (χ0v) is 11.1. The maximum absolute atomic E-state index is 13.4. The van der Waals surface area contributed by atoms with Gasteiger partial charge in [-0.05, 0) is 24.8 Å². The molecule has 0 heterocycles. The lowest BCUT2D eigenvalue weighted by atomic mass is 10.2. The van der Waals surface area contributed by atoms with E-state index in [-0.39, 0.29) is 5.75 Å². The number of hydrogen-bond donors (Lipinski definition) is 0. The molecule has 0 saturated heterocycles. The van der Waals surface area contributed by atoms with Crippen molar-refractivity contribution < 1.29 is 13.5 Å². The quantitative estimate of drug-likeness (QED) is 0.521. The normalized spacial score (nSPS) is 10.6. The molecule has 0 atom stereocenters. The van der Waals surface area contributed by atoms with E-state index in [1.165, 1.54) is 17.8 Å². The zero-order chi connectivity index (χ0) is 12.7. The van der Waals surface area contributed by atoms with Gasteiger partial charge >= 0.3 is 0 Å². The highest BCUT2D eigenvalue weighted by Gasteiger charge is 2.11. The second kappa shape index (κ2) is 7.54. The van der Waals surface area contributed by atoms with E-state index in [1.807, 2.05) is 6.26 Å². The molecule has 0 aliphatic rings. The van der Waals surface area contributed by atoms with Crippen LogP contribution in [0.5, 0.6) is 5.75 Å². The predicted molar refractivity (Wildman–Crippen MR) is 67.8 cm³/mol. The molecular formula is C13H18F2OS. The average molecular weight is 260 g/mol. The molecule has 0 aromatic heterocycles. The Hall–Kier alpha value is -0.770. The maximum atomic E-state index is 13.4. The van der Waals surface area contributed by atoms with Crippen LogP contribution in [0.1, 0.15) is 32.6 Å². The first-order chi connectivity index (χ1) is 8.19. The summed E-state index contributed by atoms with van der Waals surface area (Å²) in [6, 6.07) is 2.73. The fraction of sp³-hybridized carbons (Fsp3) is 0.538. The smallest absolute Gasteiger partial charge is 0.200 e. The number of benzene rings is 1. The molecule has 1 nitrogen and oxygen atoms in total. The van der Waals surface area contributed by atoms with Crippen LogP contribution in [0.2, 0.25) is 0 Å². The SMILES string of the molecule is CCCCCCOc1cc(SC)cc(F)c1F. The van der Waals surface area contributed by atoms with E-state index in [1.54, 1.807) is 6.07 Å². The molecule has 0 radical (unpaired) electrons. The summed E-state index contributed by atoms with van der Waals surface area (Å²) in [5.41, 5.74) is 0. The molecule has 17 heavy (non-hydrogen) atoms. The topological polar surface area (TPSA) is 9.23 Å². The standard InChI is InChI=1S/C13H18F2OS/c1-3-4-5-6-7-16-12-9-10(17-2)8-11(14)13(12)15/h8-9H,3-7H2,1-2H3. The Morgan fingerprint density at radius 2 is 1.94 bits per heavy atom. The second-order valence-corrected chi connectivity index (χ2v) is 4.71. The van der Waals surface area contributed by atoms with Gasteiger partial charge in [0.2, 0.25) is 5.82 Å². The molecular weight excluding hydrogens is 242 g/mol. The highest BCUT2D eigenvalue weighted by Crippen LogP contribution is 2.27. The molecule has 1 aromatic carbocycles. The molecule has 0 amide bonds. The molecule has 0 spiro atoms. The number of hydrogen-bond acceptors (Lipinski definition) is 2. The molecule has 96 valence electrons. The number of rotatable bonds is 7. The number of unbranched alkanes of at least 4 members (excludes halogenated alkanes) is 3. The van der Waals surface area contributed by atoms with Crippen molar-refractivity contribution in [2.75, 3.05) is 12.9 Å². The van der Waals surface area contributed by atoms with Crippen LogP contribution in [0.3, 0.4) is 0 Å². The summed E-state index contributed by atoms with van der Waals surface area (Å²) < 4.78 is 31.9. The Bertz CT molecular complexity index is 356. The van der Waals surface area contributed by atoms with Crippen LogP contribution in [-0.4, -0.2) is 12.9 Å². The summed E-state index contributed by atoms with van der Waals surface area (Å²) >= 11 is 1.37. The molecule has 0 bridgehead atoms. The van der Waals surface area contributed by atoms with E-state index in [0.717, 1.165) is 25.7 Å². The Morgan fingerprint density at radius 3 is 2.59 bits per heavy atom. The maximum Gasteiger partial charge on any atom is 0.200 e.